The predicted octanol–water partition coefficient (Wildman–Crippen LogP) is -1.05. The van der Waals surface area contributed by atoms with Gasteiger partial charge >= 0.3 is 7.12 Å². The molecule has 1 aromatic rings. The van der Waals surface area contributed by atoms with E-state index in [9.17, 15) is 0 Å². The molecule has 1 rings (SSSR count). The quantitative estimate of drug-likeness (QED) is 0.606. The van der Waals surface area contributed by atoms with Crippen LogP contribution in [-0.4, -0.2) is 40.3 Å². The molecule has 0 saturated heterocycles. The monoisotopic (exact) mass is 212 g/mol. The minimum absolute atomic E-state index is 0.0567. The van der Waals surface area contributed by atoms with E-state index in [1.165, 1.54) is 6.33 Å². The van der Waals surface area contributed by atoms with Crippen molar-refractivity contribution in [3.8, 4) is 11.8 Å². The van der Waals surface area contributed by atoms with Crippen molar-refractivity contribution >= 4 is 12.6 Å². The number of aromatic nitrogens is 2. The van der Waals surface area contributed by atoms with E-state index in [2.05, 4.69) is 9.97 Å². The molecule has 6 nitrogen and oxygen atoms in total. The predicted molar refractivity (Wildman–Crippen MR) is 54.2 cm³/mol. The highest BCUT2D eigenvalue weighted by atomic mass is 16.5. The van der Waals surface area contributed by atoms with Crippen molar-refractivity contribution in [1.29, 1.82) is 0 Å². The van der Waals surface area contributed by atoms with E-state index in [1.54, 1.807) is 13.8 Å². The SMILES string of the molecule is CCOc1ncnc(OCC)c1B(O)O. The van der Waals surface area contributed by atoms with Gasteiger partial charge in [-0.3, -0.25) is 0 Å². The highest BCUT2D eigenvalue weighted by Gasteiger charge is 2.25. The van der Waals surface area contributed by atoms with Gasteiger partial charge < -0.3 is 19.5 Å². The Balaban J connectivity index is 3.09. The molecule has 0 atom stereocenters. The standard InChI is InChI=1S/C8H13BN2O4/c1-3-14-7-6(9(12)13)8(15-4-2)11-5-10-7/h5,12-13H,3-4H2,1-2H3. The molecule has 15 heavy (non-hydrogen) atoms. The molecule has 0 aliphatic carbocycles. The van der Waals surface area contributed by atoms with Crippen molar-refractivity contribution in [2.45, 2.75) is 13.8 Å². The summed E-state index contributed by atoms with van der Waals surface area (Å²) in [7, 11) is -1.71. The van der Waals surface area contributed by atoms with E-state index in [0.717, 1.165) is 0 Å². The molecular weight excluding hydrogens is 199 g/mol. The summed E-state index contributed by atoms with van der Waals surface area (Å²) in [4.78, 5) is 7.60. The molecule has 0 unspecified atom stereocenters. The number of nitrogens with zero attached hydrogens (tertiary/aromatic N) is 2. The first-order chi connectivity index (χ1) is 7.20. The van der Waals surface area contributed by atoms with E-state index < -0.39 is 7.12 Å². The second kappa shape index (κ2) is 5.52. The number of ether oxygens (including phenoxy) is 2. The summed E-state index contributed by atoms with van der Waals surface area (Å²) in [6.07, 6.45) is 1.25. The van der Waals surface area contributed by atoms with Crippen molar-refractivity contribution in [3.63, 3.8) is 0 Å². The molecule has 0 fully saturated rings. The van der Waals surface area contributed by atoms with Gasteiger partial charge in [0.25, 0.3) is 0 Å². The van der Waals surface area contributed by atoms with Gasteiger partial charge in [-0.25, -0.2) is 9.97 Å². The van der Waals surface area contributed by atoms with Gasteiger partial charge in [-0.15, -0.1) is 0 Å². The number of hydrogen-bond donors (Lipinski definition) is 2. The largest absolute Gasteiger partial charge is 0.499 e. The summed E-state index contributed by atoms with van der Waals surface area (Å²) < 4.78 is 10.3. The lowest BCUT2D eigenvalue weighted by atomic mass is 9.81. The third-order valence-electron chi connectivity index (χ3n) is 1.63. The van der Waals surface area contributed by atoms with E-state index in [0.29, 0.717) is 13.2 Å². The fourth-order valence-electron chi connectivity index (χ4n) is 1.09. The van der Waals surface area contributed by atoms with Crippen LogP contribution in [0.4, 0.5) is 0 Å². The van der Waals surface area contributed by atoms with Crippen molar-refractivity contribution in [2.24, 2.45) is 0 Å². The van der Waals surface area contributed by atoms with Gasteiger partial charge in [-0.1, -0.05) is 0 Å². The Bertz CT molecular complexity index is 297. The molecule has 1 aromatic heterocycles. The molecule has 0 aliphatic heterocycles. The Kier molecular flexibility index (Phi) is 4.32. The first-order valence-electron chi connectivity index (χ1n) is 4.67. The highest BCUT2D eigenvalue weighted by Crippen LogP contribution is 2.10. The summed E-state index contributed by atoms with van der Waals surface area (Å²) in [5.41, 5.74) is 0.0567. The van der Waals surface area contributed by atoms with Crippen LogP contribution in [0.15, 0.2) is 6.33 Å². The molecule has 0 saturated carbocycles. The van der Waals surface area contributed by atoms with Crippen LogP contribution in [0.1, 0.15) is 13.8 Å². The van der Waals surface area contributed by atoms with Crippen molar-refractivity contribution in [3.05, 3.63) is 6.33 Å². The number of rotatable bonds is 5. The first kappa shape index (κ1) is 11.7. The molecular formula is C8H13BN2O4. The van der Waals surface area contributed by atoms with E-state index in [4.69, 9.17) is 19.5 Å². The van der Waals surface area contributed by atoms with E-state index in [-0.39, 0.29) is 17.2 Å². The molecule has 1 heterocycles. The van der Waals surface area contributed by atoms with Crippen LogP contribution in [0.5, 0.6) is 11.8 Å². The van der Waals surface area contributed by atoms with Crippen LogP contribution in [0.3, 0.4) is 0 Å². The maximum atomic E-state index is 9.15. The summed E-state index contributed by atoms with van der Waals surface area (Å²) in [6.45, 7) is 4.30. The third-order valence-corrected chi connectivity index (χ3v) is 1.63. The van der Waals surface area contributed by atoms with Crippen molar-refractivity contribution in [1.82, 2.24) is 9.97 Å². The zero-order valence-electron chi connectivity index (χ0n) is 8.67. The van der Waals surface area contributed by atoms with Gasteiger partial charge in [0.1, 0.15) is 11.8 Å². The van der Waals surface area contributed by atoms with E-state index >= 15 is 0 Å². The molecule has 0 amide bonds. The fourth-order valence-corrected chi connectivity index (χ4v) is 1.09. The van der Waals surface area contributed by atoms with Crippen molar-refractivity contribution < 1.29 is 19.5 Å². The Morgan fingerprint density at radius 3 is 1.93 bits per heavy atom. The maximum Gasteiger partial charge on any atom is 0.499 e. The van der Waals surface area contributed by atoms with Gasteiger partial charge in [0, 0.05) is 0 Å². The van der Waals surface area contributed by atoms with Crippen LogP contribution in [0.2, 0.25) is 0 Å². The van der Waals surface area contributed by atoms with Crippen LogP contribution < -0.4 is 14.9 Å². The van der Waals surface area contributed by atoms with Gasteiger partial charge in [0.05, 0.1) is 13.2 Å². The Morgan fingerprint density at radius 1 is 1.13 bits per heavy atom. The summed E-state index contributed by atoms with van der Waals surface area (Å²) >= 11 is 0. The highest BCUT2D eigenvalue weighted by molar-refractivity contribution is 6.60. The second-order valence-corrected chi connectivity index (χ2v) is 2.64. The van der Waals surface area contributed by atoms with Gasteiger partial charge in [0.2, 0.25) is 11.8 Å². The van der Waals surface area contributed by atoms with Crippen molar-refractivity contribution in [2.75, 3.05) is 13.2 Å². The normalized spacial score (nSPS) is 9.87. The van der Waals surface area contributed by atoms with Crippen LogP contribution >= 0.6 is 0 Å². The second-order valence-electron chi connectivity index (χ2n) is 2.64. The minimum Gasteiger partial charge on any atom is -0.478 e. The summed E-state index contributed by atoms with van der Waals surface area (Å²) in [5, 5.41) is 18.3. The zero-order chi connectivity index (χ0) is 11.3. The first-order valence-corrected chi connectivity index (χ1v) is 4.67. The molecule has 7 heteroatoms. The van der Waals surface area contributed by atoms with Gasteiger partial charge in [-0.05, 0) is 13.8 Å². The average Bonchev–Trinajstić information content (AvgIpc) is 2.18. The smallest absolute Gasteiger partial charge is 0.478 e. The molecule has 0 radical (unpaired) electrons. The van der Waals surface area contributed by atoms with E-state index in [1.807, 2.05) is 0 Å². The lowest BCUT2D eigenvalue weighted by Gasteiger charge is -2.11. The number of hydrogen-bond acceptors (Lipinski definition) is 6. The lowest BCUT2D eigenvalue weighted by Crippen LogP contribution is -2.34. The average molecular weight is 212 g/mol. The Labute approximate surface area is 88.0 Å². The maximum absolute atomic E-state index is 9.15. The minimum atomic E-state index is -1.71. The van der Waals surface area contributed by atoms with Gasteiger partial charge in [-0.2, -0.15) is 0 Å². The summed E-state index contributed by atoms with van der Waals surface area (Å²) in [6, 6.07) is 0. The van der Waals surface area contributed by atoms with Crippen LogP contribution in [-0.2, 0) is 0 Å². The third kappa shape index (κ3) is 2.80. The van der Waals surface area contributed by atoms with Gasteiger partial charge in [0.15, 0.2) is 0 Å². The molecule has 0 spiro atoms. The zero-order valence-corrected chi connectivity index (χ0v) is 8.67. The fraction of sp³-hybridized carbons (Fsp3) is 0.500. The molecule has 2 N–H and O–H groups in total. The molecule has 0 aromatic carbocycles. The topological polar surface area (TPSA) is 84.7 Å². The molecule has 82 valence electrons. The lowest BCUT2D eigenvalue weighted by molar-refractivity contribution is 0.306. The Hall–Kier alpha value is -1.34. The summed E-state index contributed by atoms with van der Waals surface area (Å²) in [5.74, 6) is 0.261. The molecule has 0 bridgehead atoms. The molecule has 0 aliphatic rings. The Morgan fingerprint density at radius 2 is 1.60 bits per heavy atom. The van der Waals surface area contributed by atoms with Crippen LogP contribution in [0.25, 0.3) is 0 Å². The van der Waals surface area contributed by atoms with Crippen LogP contribution in [0, 0.1) is 0 Å².